The van der Waals surface area contributed by atoms with Crippen LogP contribution in [0.2, 0.25) is 0 Å². The minimum Gasteiger partial charge on any atom is -0.367 e. The third kappa shape index (κ3) is 2.51. The summed E-state index contributed by atoms with van der Waals surface area (Å²) in [5.41, 5.74) is 0. The lowest BCUT2D eigenvalue weighted by molar-refractivity contribution is 0.641. The third-order valence-electron chi connectivity index (χ3n) is 3.52. The van der Waals surface area contributed by atoms with E-state index in [0.29, 0.717) is 6.04 Å². The molecule has 1 saturated carbocycles. The first-order valence-corrected chi connectivity index (χ1v) is 7.33. The predicted molar refractivity (Wildman–Crippen MR) is 79.9 cm³/mol. The summed E-state index contributed by atoms with van der Waals surface area (Å²) in [5.74, 6) is 1.94. The zero-order valence-electron chi connectivity index (χ0n) is 10.5. The van der Waals surface area contributed by atoms with Crippen LogP contribution in [-0.4, -0.2) is 11.0 Å². The van der Waals surface area contributed by atoms with Crippen molar-refractivity contribution in [1.82, 2.24) is 4.98 Å². The first-order valence-electron chi connectivity index (χ1n) is 6.54. The molecule has 0 spiro atoms. The second kappa shape index (κ2) is 4.88. The number of hydrogen-bond donors (Lipinski definition) is 1. The predicted octanol–water partition coefficient (Wildman–Crippen LogP) is 4.60. The summed E-state index contributed by atoms with van der Waals surface area (Å²) >= 11 is 3.59. The van der Waals surface area contributed by atoms with E-state index in [1.54, 1.807) is 0 Å². The van der Waals surface area contributed by atoms with Gasteiger partial charge in [-0.3, -0.25) is 0 Å². The first-order chi connectivity index (χ1) is 8.74. The van der Waals surface area contributed by atoms with E-state index in [-0.39, 0.29) is 0 Å². The minimum absolute atomic E-state index is 0.495. The number of nitrogens with zero attached hydrogens (tertiary/aromatic N) is 1. The van der Waals surface area contributed by atoms with E-state index in [9.17, 15) is 0 Å². The molecule has 1 N–H and O–H groups in total. The Balaban J connectivity index is 1.88. The lowest BCUT2D eigenvalue weighted by atomic mass is 10.1. The summed E-state index contributed by atoms with van der Waals surface area (Å²) in [5, 5.41) is 5.96. The van der Waals surface area contributed by atoms with E-state index in [4.69, 9.17) is 0 Å². The highest BCUT2D eigenvalue weighted by molar-refractivity contribution is 9.10. The maximum Gasteiger partial charge on any atom is 0.134 e. The molecule has 0 saturated heterocycles. The number of halogens is 1. The Morgan fingerprint density at radius 3 is 2.94 bits per heavy atom. The molecule has 1 aromatic carbocycles. The Morgan fingerprint density at radius 1 is 1.33 bits per heavy atom. The number of anilines is 1. The topological polar surface area (TPSA) is 24.9 Å². The van der Waals surface area contributed by atoms with Gasteiger partial charge < -0.3 is 5.32 Å². The van der Waals surface area contributed by atoms with Gasteiger partial charge in [-0.25, -0.2) is 4.98 Å². The highest BCUT2D eigenvalue weighted by atomic mass is 79.9. The Morgan fingerprint density at radius 2 is 2.17 bits per heavy atom. The summed E-state index contributed by atoms with van der Waals surface area (Å²) in [7, 11) is 0. The lowest BCUT2D eigenvalue weighted by Crippen LogP contribution is -2.16. The van der Waals surface area contributed by atoms with Crippen LogP contribution in [0.5, 0.6) is 0 Å². The van der Waals surface area contributed by atoms with E-state index in [0.717, 1.165) is 16.2 Å². The van der Waals surface area contributed by atoms with E-state index in [1.165, 1.54) is 30.0 Å². The van der Waals surface area contributed by atoms with Gasteiger partial charge in [0, 0.05) is 27.5 Å². The van der Waals surface area contributed by atoms with Gasteiger partial charge in [0.2, 0.25) is 0 Å². The van der Waals surface area contributed by atoms with Crippen LogP contribution in [-0.2, 0) is 0 Å². The van der Waals surface area contributed by atoms with E-state index >= 15 is 0 Å². The van der Waals surface area contributed by atoms with Crippen molar-refractivity contribution in [1.29, 1.82) is 0 Å². The summed E-state index contributed by atoms with van der Waals surface area (Å²) < 4.78 is 1.13. The van der Waals surface area contributed by atoms with Crippen molar-refractivity contribution in [2.45, 2.75) is 32.2 Å². The highest BCUT2D eigenvalue weighted by Crippen LogP contribution is 2.34. The van der Waals surface area contributed by atoms with Gasteiger partial charge in [-0.15, -0.1) is 0 Å². The Kier molecular flexibility index (Phi) is 3.25. The molecule has 1 aromatic heterocycles. The number of nitrogens with one attached hydrogen (secondary N) is 1. The fourth-order valence-electron chi connectivity index (χ4n) is 2.43. The van der Waals surface area contributed by atoms with Crippen molar-refractivity contribution >= 4 is 32.5 Å². The molecule has 1 heterocycles. The Bertz CT molecular complexity index is 563. The normalized spacial score (nSPS) is 16.8. The van der Waals surface area contributed by atoms with Crippen molar-refractivity contribution in [3.63, 3.8) is 0 Å². The number of hydrogen-bond acceptors (Lipinski definition) is 2. The van der Waals surface area contributed by atoms with Gasteiger partial charge in [-0.05, 0) is 31.4 Å². The van der Waals surface area contributed by atoms with Gasteiger partial charge in [-0.2, -0.15) is 0 Å². The number of benzene rings is 1. The first kappa shape index (κ1) is 12.0. The average molecular weight is 305 g/mol. The van der Waals surface area contributed by atoms with Crippen LogP contribution < -0.4 is 5.32 Å². The van der Waals surface area contributed by atoms with Gasteiger partial charge >= 0.3 is 0 Å². The molecule has 1 aliphatic rings. The molecular weight excluding hydrogens is 288 g/mol. The van der Waals surface area contributed by atoms with E-state index in [1.807, 2.05) is 6.20 Å². The van der Waals surface area contributed by atoms with E-state index < -0.39 is 0 Å². The maximum atomic E-state index is 4.48. The van der Waals surface area contributed by atoms with Crippen LogP contribution in [0.25, 0.3) is 10.8 Å². The van der Waals surface area contributed by atoms with E-state index in [2.05, 4.69) is 57.4 Å². The third-order valence-corrected chi connectivity index (χ3v) is 4.21. The second-order valence-corrected chi connectivity index (χ2v) is 6.07. The SMILES string of the molecule is CC(CC1CC1)Nc1nccc2c(Br)cccc12. The van der Waals surface area contributed by atoms with Crippen molar-refractivity contribution in [3.05, 3.63) is 34.9 Å². The quantitative estimate of drug-likeness (QED) is 0.893. The molecule has 0 radical (unpaired) electrons. The summed E-state index contributed by atoms with van der Waals surface area (Å²) in [6.07, 6.45) is 5.94. The molecule has 1 unspecified atom stereocenters. The molecule has 0 aliphatic heterocycles. The molecule has 18 heavy (non-hydrogen) atoms. The molecule has 1 atom stereocenters. The number of pyridine rings is 1. The van der Waals surface area contributed by atoms with Gasteiger partial charge in [0.15, 0.2) is 0 Å². The van der Waals surface area contributed by atoms with Crippen LogP contribution in [0, 0.1) is 5.92 Å². The number of rotatable bonds is 4. The largest absolute Gasteiger partial charge is 0.367 e. The molecule has 2 nitrogen and oxygen atoms in total. The molecule has 94 valence electrons. The molecule has 0 bridgehead atoms. The fraction of sp³-hybridized carbons (Fsp3) is 0.400. The average Bonchev–Trinajstić information content (AvgIpc) is 3.14. The highest BCUT2D eigenvalue weighted by Gasteiger charge is 2.23. The van der Waals surface area contributed by atoms with Crippen molar-refractivity contribution < 1.29 is 0 Å². The standard InChI is InChI=1S/C15H17BrN2/c1-10(9-11-5-6-11)18-15-13-3-2-4-14(16)12(13)7-8-17-15/h2-4,7-8,10-11H,5-6,9H2,1H3,(H,17,18). The lowest BCUT2D eigenvalue weighted by Gasteiger charge is -2.15. The second-order valence-electron chi connectivity index (χ2n) is 5.22. The maximum absolute atomic E-state index is 4.48. The molecule has 2 aromatic rings. The van der Waals surface area contributed by atoms with Crippen molar-refractivity contribution in [3.8, 4) is 0 Å². The van der Waals surface area contributed by atoms with Gasteiger partial charge in [0.25, 0.3) is 0 Å². The number of aromatic nitrogens is 1. The summed E-state index contributed by atoms with van der Waals surface area (Å²) in [6, 6.07) is 8.80. The summed E-state index contributed by atoms with van der Waals surface area (Å²) in [4.78, 5) is 4.48. The zero-order valence-corrected chi connectivity index (χ0v) is 12.1. The smallest absolute Gasteiger partial charge is 0.134 e. The van der Waals surface area contributed by atoms with Crippen LogP contribution in [0.3, 0.4) is 0 Å². The van der Waals surface area contributed by atoms with Gasteiger partial charge in [0.05, 0.1) is 0 Å². The summed E-state index contributed by atoms with van der Waals surface area (Å²) in [6.45, 7) is 2.25. The molecule has 1 aliphatic carbocycles. The van der Waals surface area contributed by atoms with Gasteiger partial charge in [-0.1, -0.05) is 40.9 Å². The van der Waals surface area contributed by atoms with Gasteiger partial charge in [0.1, 0.15) is 5.82 Å². The molecular formula is C15H17BrN2. The van der Waals surface area contributed by atoms with Crippen LogP contribution in [0.15, 0.2) is 34.9 Å². The van der Waals surface area contributed by atoms with Crippen molar-refractivity contribution in [2.75, 3.05) is 5.32 Å². The van der Waals surface area contributed by atoms with Crippen LogP contribution in [0.1, 0.15) is 26.2 Å². The minimum atomic E-state index is 0.495. The van der Waals surface area contributed by atoms with Crippen LogP contribution in [0.4, 0.5) is 5.82 Å². The molecule has 3 heteroatoms. The Hall–Kier alpha value is -1.09. The molecule has 1 fully saturated rings. The number of fused-ring (bicyclic) bond motifs is 1. The molecule has 0 amide bonds. The van der Waals surface area contributed by atoms with Crippen molar-refractivity contribution in [2.24, 2.45) is 5.92 Å². The Labute approximate surface area is 116 Å². The zero-order chi connectivity index (χ0) is 12.5. The monoisotopic (exact) mass is 304 g/mol. The fourth-order valence-corrected chi connectivity index (χ4v) is 2.93. The van der Waals surface area contributed by atoms with Crippen LogP contribution >= 0.6 is 15.9 Å². The molecule has 3 rings (SSSR count).